The summed E-state index contributed by atoms with van der Waals surface area (Å²) in [5, 5.41) is 3.91. The Morgan fingerprint density at radius 2 is 2.00 bits per heavy atom. The molecule has 1 unspecified atom stereocenters. The van der Waals surface area contributed by atoms with Gasteiger partial charge in [-0.3, -0.25) is 4.90 Å². The molecule has 2 saturated carbocycles. The summed E-state index contributed by atoms with van der Waals surface area (Å²) >= 11 is 0. The Bertz CT molecular complexity index is 321. The van der Waals surface area contributed by atoms with E-state index in [1.807, 2.05) is 0 Å². The van der Waals surface area contributed by atoms with Gasteiger partial charge in [0, 0.05) is 44.4 Å². The van der Waals surface area contributed by atoms with Crippen LogP contribution < -0.4 is 5.32 Å². The molecule has 3 nitrogen and oxygen atoms in total. The smallest absolute Gasteiger partial charge is 0.0494 e. The molecule has 1 saturated heterocycles. The second-order valence-corrected chi connectivity index (χ2v) is 8.02. The van der Waals surface area contributed by atoms with Gasteiger partial charge in [-0.25, -0.2) is 0 Å². The molecule has 0 aromatic rings. The molecule has 0 radical (unpaired) electrons. The van der Waals surface area contributed by atoms with Crippen LogP contribution in [0.4, 0.5) is 0 Å². The van der Waals surface area contributed by atoms with Crippen LogP contribution in [0.25, 0.3) is 0 Å². The van der Waals surface area contributed by atoms with Crippen molar-refractivity contribution in [2.45, 2.75) is 70.4 Å². The Morgan fingerprint density at radius 1 is 1.24 bits per heavy atom. The Morgan fingerprint density at radius 3 is 2.67 bits per heavy atom. The van der Waals surface area contributed by atoms with Gasteiger partial charge in [0.1, 0.15) is 0 Å². The first kappa shape index (κ1) is 15.8. The third-order valence-corrected chi connectivity index (χ3v) is 5.78. The summed E-state index contributed by atoms with van der Waals surface area (Å²) in [5.74, 6) is 1.64. The lowest BCUT2D eigenvalue weighted by atomic mass is 9.89. The number of nitrogens with zero attached hydrogens (tertiary/aromatic N) is 1. The average Bonchev–Trinajstić information content (AvgIpc) is 3.18. The van der Waals surface area contributed by atoms with E-state index in [0.717, 1.165) is 25.0 Å². The number of nitrogens with one attached hydrogen (secondary N) is 1. The molecule has 1 heterocycles. The molecular weight excluding hydrogens is 260 g/mol. The number of ether oxygens (including phenoxy) is 1. The van der Waals surface area contributed by atoms with Crippen LogP contribution in [0.5, 0.6) is 0 Å². The highest BCUT2D eigenvalue weighted by atomic mass is 16.5. The third kappa shape index (κ3) is 4.20. The van der Waals surface area contributed by atoms with Gasteiger partial charge in [-0.15, -0.1) is 0 Å². The standard InChI is InChI=1S/C18H34N2O/c1-15(2)17-12-19-18(8-3-4-9-18)14-20(17)10-5-11-21-13-16-6-7-16/h15-17,19H,3-14H2,1-2H3. The van der Waals surface area contributed by atoms with Crippen molar-refractivity contribution in [1.29, 1.82) is 0 Å². The molecule has 3 rings (SSSR count). The second-order valence-electron chi connectivity index (χ2n) is 8.02. The molecule has 1 N–H and O–H groups in total. The molecule has 1 spiro atoms. The van der Waals surface area contributed by atoms with Crippen LogP contribution in [0, 0.1) is 11.8 Å². The van der Waals surface area contributed by atoms with Gasteiger partial charge in [0.2, 0.25) is 0 Å². The van der Waals surface area contributed by atoms with E-state index in [4.69, 9.17) is 4.74 Å². The molecule has 21 heavy (non-hydrogen) atoms. The summed E-state index contributed by atoms with van der Waals surface area (Å²) in [4.78, 5) is 2.77. The summed E-state index contributed by atoms with van der Waals surface area (Å²) in [7, 11) is 0. The molecule has 1 aliphatic heterocycles. The highest BCUT2D eigenvalue weighted by Gasteiger charge is 2.41. The van der Waals surface area contributed by atoms with Crippen molar-refractivity contribution >= 4 is 0 Å². The maximum atomic E-state index is 5.82. The average molecular weight is 294 g/mol. The number of piperazine rings is 1. The number of hydrogen-bond donors (Lipinski definition) is 1. The maximum Gasteiger partial charge on any atom is 0.0494 e. The summed E-state index contributed by atoms with van der Waals surface area (Å²) in [5.41, 5.74) is 0.445. The minimum Gasteiger partial charge on any atom is -0.381 e. The van der Waals surface area contributed by atoms with Crippen LogP contribution in [-0.4, -0.2) is 49.3 Å². The summed E-state index contributed by atoms with van der Waals surface area (Å²) in [6, 6.07) is 0.708. The SMILES string of the molecule is CC(C)C1CNC2(CCCC2)CN1CCCOCC1CC1. The predicted octanol–water partition coefficient (Wildman–Crippen LogP) is 3.05. The van der Waals surface area contributed by atoms with Gasteiger partial charge in [0.25, 0.3) is 0 Å². The Hall–Kier alpha value is -0.120. The molecular formula is C18H34N2O. The first-order valence-corrected chi connectivity index (χ1v) is 9.25. The fourth-order valence-electron chi connectivity index (χ4n) is 4.21. The lowest BCUT2D eigenvalue weighted by Crippen LogP contribution is -2.64. The van der Waals surface area contributed by atoms with Crippen molar-refractivity contribution < 1.29 is 4.74 Å². The van der Waals surface area contributed by atoms with E-state index in [9.17, 15) is 0 Å². The predicted molar refractivity (Wildman–Crippen MR) is 87.6 cm³/mol. The monoisotopic (exact) mass is 294 g/mol. The van der Waals surface area contributed by atoms with Gasteiger partial charge in [0.15, 0.2) is 0 Å². The van der Waals surface area contributed by atoms with Crippen molar-refractivity contribution in [3.8, 4) is 0 Å². The maximum absolute atomic E-state index is 5.82. The zero-order valence-electron chi connectivity index (χ0n) is 14.1. The topological polar surface area (TPSA) is 24.5 Å². The fraction of sp³-hybridized carbons (Fsp3) is 1.00. The molecule has 3 fully saturated rings. The summed E-state index contributed by atoms with van der Waals surface area (Å²) < 4.78 is 5.82. The van der Waals surface area contributed by atoms with E-state index in [-0.39, 0.29) is 0 Å². The van der Waals surface area contributed by atoms with Gasteiger partial charge >= 0.3 is 0 Å². The highest BCUT2D eigenvalue weighted by molar-refractivity contribution is 5.01. The van der Waals surface area contributed by atoms with Crippen molar-refractivity contribution in [2.75, 3.05) is 32.8 Å². The Balaban J connectivity index is 1.45. The lowest BCUT2D eigenvalue weighted by molar-refractivity contribution is 0.0438. The molecule has 122 valence electrons. The zero-order chi connectivity index (χ0) is 14.7. The van der Waals surface area contributed by atoms with Gasteiger partial charge in [-0.05, 0) is 43.9 Å². The first-order chi connectivity index (χ1) is 10.2. The van der Waals surface area contributed by atoms with Crippen LogP contribution in [0.1, 0.15) is 58.8 Å². The van der Waals surface area contributed by atoms with E-state index < -0.39 is 0 Å². The van der Waals surface area contributed by atoms with E-state index in [1.54, 1.807) is 0 Å². The zero-order valence-corrected chi connectivity index (χ0v) is 14.1. The largest absolute Gasteiger partial charge is 0.381 e. The minimum absolute atomic E-state index is 0.445. The van der Waals surface area contributed by atoms with Crippen LogP contribution >= 0.6 is 0 Å². The van der Waals surface area contributed by atoms with E-state index in [0.29, 0.717) is 11.6 Å². The molecule has 0 amide bonds. The molecule has 3 heteroatoms. The summed E-state index contributed by atoms with van der Waals surface area (Å²) in [6.45, 7) is 10.4. The van der Waals surface area contributed by atoms with Crippen molar-refractivity contribution in [3.63, 3.8) is 0 Å². The van der Waals surface area contributed by atoms with Crippen LogP contribution in [0.2, 0.25) is 0 Å². The third-order valence-electron chi connectivity index (χ3n) is 5.78. The van der Waals surface area contributed by atoms with Crippen molar-refractivity contribution in [2.24, 2.45) is 11.8 Å². The molecule has 2 aliphatic carbocycles. The van der Waals surface area contributed by atoms with Gasteiger partial charge < -0.3 is 10.1 Å². The Labute approximate surface area is 130 Å². The van der Waals surface area contributed by atoms with Gasteiger partial charge in [-0.2, -0.15) is 0 Å². The molecule has 1 atom stereocenters. The normalized spacial score (nSPS) is 29.6. The van der Waals surface area contributed by atoms with E-state index >= 15 is 0 Å². The Kier molecular flexibility index (Phi) is 5.23. The lowest BCUT2D eigenvalue weighted by Gasteiger charge is -2.48. The van der Waals surface area contributed by atoms with Crippen molar-refractivity contribution in [3.05, 3.63) is 0 Å². The van der Waals surface area contributed by atoms with Crippen LogP contribution in [0.15, 0.2) is 0 Å². The second kappa shape index (κ2) is 6.97. The number of rotatable bonds is 7. The highest BCUT2D eigenvalue weighted by Crippen LogP contribution is 2.34. The van der Waals surface area contributed by atoms with Gasteiger partial charge in [-0.1, -0.05) is 26.7 Å². The first-order valence-electron chi connectivity index (χ1n) is 9.25. The molecule has 0 aromatic heterocycles. The molecule has 0 bridgehead atoms. The number of hydrogen-bond acceptors (Lipinski definition) is 3. The van der Waals surface area contributed by atoms with Crippen LogP contribution in [0.3, 0.4) is 0 Å². The fourth-order valence-corrected chi connectivity index (χ4v) is 4.21. The van der Waals surface area contributed by atoms with E-state index in [2.05, 4.69) is 24.1 Å². The minimum atomic E-state index is 0.445. The quantitative estimate of drug-likeness (QED) is 0.730. The summed E-state index contributed by atoms with van der Waals surface area (Å²) in [6.07, 6.45) is 9.59. The van der Waals surface area contributed by atoms with E-state index in [1.165, 1.54) is 64.6 Å². The molecule has 3 aliphatic rings. The van der Waals surface area contributed by atoms with Crippen molar-refractivity contribution in [1.82, 2.24) is 10.2 Å². The van der Waals surface area contributed by atoms with Crippen LogP contribution in [-0.2, 0) is 4.74 Å². The van der Waals surface area contributed by atoms with Gasteiger partial charge in [0.05, 0.1) is 0 Å². The molecule has 0 aromatic carbocycles.